The molecule has 0 amide bonds. The molecule has 1 aliphatic carbocycles. The summed E-state index contributed by atoms with van der Waals surface area (Å²) in [7, 11) is 0. The van der Waals surface area contributed by atoms with Crippen molar-refractivity contribution in [1.82, 2.24) is 0 Å². The first-order valence-electron chi connectivity index (χ1n) is 9.04. The topological polar surface area (TPSA) is 35.5 Å². The highest BCUT2D eigenvalue weighted by Gasteiger charge is 2.51. The van der Waals surface area contributed by atoms with E-state index < -0.39 is 5.79 Å². The van der Waals surface area contributed by atoms with Crippen molar-refractivity contribution in [2.45, 2.75) is 62.7 Å². The van der Waals surface area contributed by atoms with Crippen molar-refractivity contribution in [1.29, 1.82) is 0 Å². The maximum atomic E-state index is 12.7. The zero-order chi connectivity index (χ0) is 16.5. The molecular formula is C18H30O3S2. The van der Waals surface area contributed by atoms with Crippen LogP contribution in [0.1, 0.15) is 52.9 Å². The van der Waals surface area contributed by atoms with Crippen LogP contribution in [-0.4, -0.2) is 40.4 Å². The summed E-state index contributed by atoms with van der Waals surface area (Å²) in [6, 6.07) is 0. The molecule has 2 atom stereocenters. The molecule has 0 aromatic rings. The van der Waals surface area contributed by atoms with Gasteiger partial charge < -0.3 is 9.47 Å². The highest BCUT2D eigenvalue weighted by Crippen LogP contribution is 2.54. The molecule has 2 aliphatic heterocycles. The Balaban J connectivity index is 1.64. The minimum Gasteiger partial charge on any atom is -0.348 e. The molecule has 1 spiro atoms. The summed E-state index contributed by atoms with van der Waals surface area (Å²) in [4.78, 5) is 12.7. The van der Waals surface area contributed by atoms with Crippen molar-refractivity contribution in [3.8, 4) is 0 Å². The van der Waals surface area contributed by atoms with Crippen molar-refractivity contribution < 1.29 is 14.3 Å². The van der Waals surface area contributed by atoms with Crippen molar-refractivity contribution in [2.24, 2.45) is 17.8 Å². The lowest BCUT2D eigenvalue weighted by Gasteiger charge is -2.34. The van der Waals surface area contributed by atoms with E-state index in [2.05, 4.69) is 20.8 Å². The van der Waals surface area contributed by atoms with Gasteiger partial charge in [0.1, 0.15) is 4.08 Å². The number of carbonyl (C=O) groups excluding carboxylic acids is 1. The third kappa shape index (κ3) is 3.94. The van der Waals surface area contributed by atoms with Crippen LogP contribution in [-0.2, 0) is 14.3 Å². The maximum Gasteiger partial charge on any atom is 0.169 e. The summed E-state index contributed by atoms with van der Waals surface area (Å²) in [6.07, 6.45) is 4.91. The van der Waals surface area contributed by atoms with Crippen LogP contribution in [0.3, 0.4) is 0 Å². The summed E-state index contributed by atoms with van der Waals surface area (Å²) in [5, 5.41) is 0. The van der Waals surface area contributed by atoms with Gasteiger partial charge in [0.15, 0.2) is 11.6 Å². The lowest BCUT2D eigenvalue weighted by atomic mass is 9.84. The first kappa shape index (κ1) is 18.1. The van der Waals surface area contributed by atoms with Crippen molar-refractivity contribution in [2.75, 3.05) is 24.7 Å². The van der Waals surface area contributed by atoms with Gasteiger partial charge in [-0.2, -0.15) is 0 Å². The molecule has 0 unspecified atom stereocenters. The van der Waals surface area contributed by atoms with Crippen LogP contribution in [0, 0.1) is 17.8 Å². The summed E-state index contributed by atoms with van der Waals surface area (Å²) in [6.45, 7) is 8.15. The van der Waals surface area contributed by atoms with E-state index in [1.54, 1.807) is 0 Å². The first-order chi connectivity index (χ1) is 10.9. The summed E-state index contributed by atoms with van der Waals surface area (Å²) >= 11 is 3.81. The smallest absolute Gasteiger partial charge is 0.169 e. The molecule has 132 valence electrons. The number of rotatable bonds is 5. The number of Topliss-reactive ketones (excluding diaryl/α,β-unsaturated/α-hetero) is 1. The van der Waals surface area contributed by atoms with Gasteiger partial charge >= 0.3 is 0 Å². The van der Waals surface area contributed by atoms with Crippen molar-refractivity contribution >= 4 is 29.3 Å². The molecule has 0 aromatic heterocycles. The average Bonchev–Trinajstić information content (AvgIpc) is 3.06. The molecule has 3 nitrogen and oxygen atoms in total. The van der Waals surface area contributed by atoms with E-state index in [0.29, 0.717) is 36.8 Å². The minimum absolute atomic E-state index is 0.125. The molecule has 0 radical (unpaired) electrons. The number of carbonyl (C=O) groups is 1. The van der Waals surface area contributed by atoms with Crippen LogP contribution >= 0.6 is 23.5 Å². The molecule has 3 fully saturated rings. The van der Waals surface area contributed by atoms with Gasteiger partial charge in [0.05, 0.1) is 13.2 Å². The Morgan fingerprint density at radius 1 is 1.13 bits per heavy atom. The number of thioether (sulfide) groups is 2. The second-order valence-electron chi connectivity index (χ2n) is 7.78. The molecule has 23 heavy (non-hydrogen) atoms. The maximum absolute atomic E-state index is 12.7. The molecule has 2 saturated heterocycles. The van der Waals surface area contributed by atoms with Crippen LogP contribution < -0.4 is 0 Å². The van der Waals surface area contributed by atoms with Gasteiger partial charge in [-0.1, -0.05) is 20.8 Å². The van der Waals surface area contributed by atoms with Gasteiger partial charge in [-0.05, 0) is 42.1 Å². The van der Waals surface area contributed by atoms with Gasteiger partial charge in [-0.25, -0.2) is 0 Å². The average molecular weight is 359 g/mol. The van der Waals surface area contributed by atoms with Gasteiger partial charge in [-0.15, -0.1) is 23.5 Å². The van der Waals surface area contributed by atoms with Gasteiger partial charge in [-0.3, -0.25) is 4.79 Å². The Labute approximate surface area is 149 Å². The van der Waals surface area contributed by atoms with E-state index in [9.17, 15) is 4.79 Å². The Bertz CT molecular complexity index is 426. The normalized spacial score (nSPS) is 31.1. The highest BCUT2D eigenvalue weighted by atomic mass is 32.2. The van der Waals surface area contributed by atoms with Crippen molar-refractivity contribution in [3.63, 3.8) is 0 Å². The molecule has 0 aromatic carbocycles. The van der Waals surface area contributed by atoms with Crippen LogP contribution in [0.25, 0.3) is 0 Å². The second-order valence-corrected chi connectivity index (χ2v) is 10.8. The third-order valence-electron chi connectivity index (χ3n) is 5.33. The fraction of sp³-hybridized carbons (Fsp3) is 0.944. The lowest BCUT2D eigenvalue weighted by molar-refractivity contribution is -0.182. The van der Waals surface area contributed by atoms with Crippen LogP contribution in [0.2, 0.25) is 0 Å². The quantitative estimate of drug-likeness (QED) is 0.730. The highest BCUT2D eigenvalue weighted by molar-refractivity contribution is 8.19. The molecule has 1 saturated carbocycles. The van der Waals surface area contributed by atoms with E-state index in [0.717, 1.165) is 37.2 Å². The minimum atomic E-state index is -0.404. The number of ketones is 1. The fourth-order valence-electron chi connectivity index (χ4n) is 4.28. The Morgan fingerprint density at radius 3 is 2.39 bits per heavy atom. The van der Waals surface area contributed by atoms with E-state index in [-0.39, 0.29) is 4.08 Å². The van der Waals surface area contributed by atoms with E-state index in [1.165, 1.54) is 6.42 Å². The van der Waals surface area contributed by atoms with Crippen molar-refractivity contribution in [3.05, 3.63) is 0 Å². The van der Waals surface area contributed by atoms with Gasteiger partial charge in [0.25, 0.3) is 0 Å². The predicted molar refractivity (Wildman–Crippen MR) is 97.9 cm³/mol. The molecule has 3 rings (SSSR count). The first-order valence-corrected chi connectivity index (χ1v) is 11.0. The monoisotopic (exact) mass is 358 g/mol. The number of ether oxygens (including phenoxy) is 2. The van der Waals surface area contributed by atoms with E-state index in [4.69, 9.17) is 9.47 Å². The predicted octanol–water partition coefficient (Wildman–Crippen LogP) is 4.35. The largest absolute Gasteiger partial charge is 0.348 e. The SMILES string of the molecule is CC(C)CC1(C[C@@H](C)[C@H]2CC(=O)C3(C2)SCCCS3)OCCO1. The number of hydrogen-bond acceptors (Lipinski definition) is 5. The molecule has 0 N–H and O–H groups in total. The Hall–Kier alpha value is 0.290. The summed E-state index contributed by atoms with van der Waals surface area (Å²) < 4.78 is 11.9. The zero-order valence-corrected chi connectivity index (χ0v) is 16.3. The zero-order valence-electron chi connectivity index (χ0n) is 14.6. The summed E-state index contributed by atoms with van der Waals surface area (Å²) in [5.41, 5.74) is 0. The van der Waals surface area contributed by atoms with Gasteiger partial charge in [0.2, 0.25) is 0 Å². The Kier molecular flexibility index (Phi) is 5.72. The van der Waals surface area contributed by atoms with Gasteiger partial charge in [0, 0.05) is 19.3 Å². The second kappa shape index (κ2) is 7.27. The van der Waals surface area contributed by atoms with Crippen LogP contribution in [0.15, 0.2) is 0 Å². The Morgan fingerprint density at radius 2 is 1.78 bits per heavy atom. The fourth-order valence-corrected chi connectivity index (χ4v) is 7.68. The molecule has 5 heteroatoms. The van der Waals surface area contributed by atoms with E-state index in [1.807, 2.05) is 23.5 Å². The molecule has 0 bridgehead atoms. The van der Waals surface area contributed by atoms with Crippen LogP contribution in [0.5, 0.6) is 0 Å². The van der Waals surface area contributed by atoms with Crippen LogP contribution in [0.4, 0.5) is 0 Å². The number of hydrogen-bond donors (Lipinski definition) is 0. The summed E-state index contributed by atoms with van der Waals surface area (Å²) in [5.74, 6) is 3.87. The standard InChI is InChI=1S/C18H30O3S2/c1-13(2)10-17(20-5-6-21-17)11-14(3)15-9-16(19)18(12-15)22-7-4-8-23-18/h13-15H,4-12H2,1-3H3/t14-,15+/m1/s1. The molecular weight excluding hydrogens is 328 g/mol. The molecule has 3 aliphatic rings. The lowest BCUT2D eigenvalue weighted by Crippen LogP contribution is -2.35. The van der Waals surface area contributed by atoms with E-state index >= 15 is 0 Å². The molecule has 2 heterocycles. The third-order valence-corrected chi connectivity index (χ3v) is 8.75.